The maximum absolute atomic E-state index is 13.1. The third-order valence-electron chi connectivity index (χ3n) is 8.63. The molecule has 0 radical (unpaired) electrons. The number of aryl methyl sites for hydroxylation is 2. The number of thioether (sulfide) groups is 1. The van der Waals surface area contributed by atoms with Gasteiger partial charge in [-0.15, -0.1) is 11.8 Å². The van der Waals surface area contributed by atoms with Crippen LogP contribution >= 0.6 is 11.8 Å². The number of rotatable bonds is 10. The third-order valence-corrected chi connectivity index (χ3v) is 14.2. The first-order valence-corrected chi connectivity index (χ1v) is 18.7. The molecular formula is C28H43N5O9SSi. The number of hydrogen-bond donors (Lipinski definition) is 4. The number of nitrogens with one attached hydrogen (secondary N) is 3. The van der Waals surface area contributed by atoms with Crippen LogP contribution in [0.3, 0.4) is 0 Å². The highest BCUT2D eigenvalue weighted by Gasteiger charge is 2.42. The van der Waals surface area contributed by atoms with E-state index < -0.39 is 67.6 Å². The van der Waals surface area contributed by atoms with Crippen LogP contribution in [0.25, 0.3) is 0 Å². The van der Waals surface area contributed by atoms with Gasteiger partial charge in [0.15, 0.2) is 8.32 Å². The van der Waals surface area contributed by atoms with E-state index in [1.807, 2.05) is 0 Å². The summed E-state index contributed by atoms with van der Waals surface area (Å²) in [6.07, 6.45) is -0.0962. The van der Waals surface area contributed by atoms with Crippen molar-refractivity contribution in [3.8, 4) is 0 Å². The Hall–Kier alpha value is -2.76. The molecule has 16 heteroatoms. The van der Waals surface area contributed by atoms with Crippen LogP contribution < -0.4 is 27.8 Å². The highest BCUT2D eigenvalue weighted by atomic mass is 32.2. The Morgan fingerprint density at radius 1 is 1.00 bits per heavy atom. The molecule has 2 aliphatic heterocycles. The van der Waals surface area contributed by atoms with Crippen molar-refractivity contribution < 1.29 is 23.8 Å². The molecule has 0 spiro atoms. The van der Waals surface area contributed by atoms with Gasteiger partial charge in [-0.3, -0.25) is 33.5 Å². The molecule has 1 amide bonds. The Balaban J connectivity index is 1.38. The number of carbonyl (C=O) groups excluding carboxylic acids is 1. The van der Waals surface area contributed by atoms with Crippen molar-refractivity contribution in [3.05, 3.63) is 65.2 Å². The van der Waals surface area contributed by atoms with Crippen molar-refractivity contribution in [2.75, 3.05) is 18.1 Å². The van der Waals surface area contributed by atoms with E-state index in [1.54, 1.807) is 13.8 Å². The normalized spacial score (nSPS) is 25.8. The van der Waals surface area contributed by atoms with Crippen LogP contribution in [0.5, 0.6) is 0 Å². The highest BCUT2D eigenvalue weighted by Crippen LogP contribution is 2.38. The molecule has 2 aliphatic rings. The van der Waals surface area contributed by atoms with Crippen LogP contribution in [0.4, 0.5) is 0 Å². The first-order valence-electron chi connectivity index (χ1n) is 14.6. The topological polar surface area (TPSA) is 187 Å². The Kier molecular flexibility index (Phi) is 10.3. The van der Waals surface area contributed by atoms with E-state index in [4.69, 9.17) is 13.9 Å². The zero-order chi connectivity index (χ0) is 32.6. The number of aliphatic hydroxyl groups excluding tert-OH is 1. The third kappa shape index (κ3) is 7.71. The second kappa shape index (κ2) is 13.3. The molecule has 4 N–H and O–H groups in total. The van der Waals surface area contributed by atoms with Crippen LogP contribution in [0.15, 0.2) is 31.6 Å². The number of ether oxygens (including phenoxy) is 2. The van der Waals surface area contributed by atoms with E-state index in [-0.39, 0.29) is 29.7 Å². The summed E-state index contributed by atoms with van der Waals surface area (Å²) in [6, 6.07) is -0.454. The van der Waals surface area contributed by atoms with Crippen LogP contribution in [-0.4, -0.2) is 80.9 Å². The Labute approximate surface area is 259 Å². The molecule has 4 heterocycles. The second-order valence-electron chi connectivity index (χ2n) is 13.0. The van der Waals surface area contributed by atoms with Gasteiger partial charge in [-0.25, -0.2) is 9.59 Å². The first kappa shape index (κ1) is 34.1. The first-order chi connectivity index (χ1) is 20.5. The quantitative estimate of drug-likeness (QED) is 0.268. The van der Waals surface area contributed by atoms with Gasteiger partial charge in [0.2, 0.25) is 5.91 Å². The summed E-state index contributed by atoms with van der Waals surface area (Å²) in [5.74, 6) is 0.114. The smallest absolute Gasteiger partial charge is 0.330 e. The average Bonchev–Trinajstić information content (AvgIpc) is 3.49. The minimum absolute atomic E-state index is 0.0381. The van der Waals surface area contributed by atoms with Crippen molar-refractivity contribution in [3.63, 3.8) is 0 Å². The fourth-order valence-electron chi connectivity index (χ4n) is 4.87. The second-order valence-corrected chi connectivity index (χ2v) is 18.9. The molecule has 2 saturated heterocycles. The van der Waals surface area contributed by atoms with Crippen molar-refractivity contribution in [2.45, 2.75) is 102 Å². The summed E-state index contributed by atoms with van der Waals surface area (Å²) >= 11 is 1.28. The molecule has 0 aliphatic carbocycles. The molecule has 2 fully saturated rings. The lowest BCUT2D eigenvalue weighted by Crippen LogP contribution is -2.47. The predicted molar refractivity (Wildman–Crippen MR) is 168 cm³/mol. The van der Waals surface area contributed by atoms with Gasteiger partial charge in [0.25, 0.3) is 11.1 Å². The number of aliphatic hydroxyl groups is 1. The number of carbonyl (C=O) groups is 1. The molecular weight excluding hydrogens is 610 g/mol. The van der Waals surface area contributed by atoms with E-state index >= 15 is 0 Å². The Morgan fingerprint density at radius 2 is 1.52 bits per heavy atom. The van der Waals surface area contributed by atoms with Crippen molar-refractivity contribution in [2.24, 2.45) is 0 Å². The molecule has 0 bridgehead atoms. The van der Waals surface area contributed by atoms with E-state index in [2.05, 4.69) is 49.1 Å². The minimum atomic E-state index is -2.14. The van der Waals surface area contributed by atoms with Crippen molar-refractivity contribution >= 4 is 26.0 Å². The fourth-order valence-corrected chi connectivity index (χ4v) is 6.80. The van der Waals surface area contributed by atoms with Crippen LogP contribution in [0.2, 0.25) is 18.1 Å². The standard InChI is InChI=1S/C28H43N5O9SSi/c1-15-10-32(26(38)30-24(15)36)22-8-17(19(41-22)12-40-44(6,7)28(3,4)5)29-21(35)14-43-13-20-18(34)9-23(42-20)33-11-16(2)25(37)31-27(33)39/h10-11,17-20,22-23,34H,8-9,12-14H2,1-7H3,(H,29,35)(H,30,36,38)(H,31,37,39)/t17-,18-,19+,20+,22+,23+/m0/s1. The molecule has 0 unspecified atom stereocenters. The number of nitrogens with zero attached hydrogens (tertiary/aromatic N) is 2. The van der Waals surface area contributed by atoms with E-state index in [0.29, 0.717) is 23.3 Å². The van der Waals surface area contributed by atoms with Crippen LogP contribution in [-0.2, 0) is 18.7 Å². The van der Waals surface area contributed by atoms with Gasteiger partial charge < -0.3 is 24.3 Å². The summed E-state index contributed by atoms with van der Waals surface area (Å²) in [6.45, 7) is 14.0. The number of hydrogen-bond acceptors (Lipinski definition) is 10. The number of aromatic nitrogens is 4. The molecule has 44 heavy (non-hydrogen) atoms. The molecule has 6 atom stereocenters. The van der Waals surface area contributed by atoms with E-state index in [0.717, 1.165) is 0 Å². The van der Waals surface area contributed by atoms with Gasteiger partial charge in [0.05, 0.1) is 30.6 Å². The monoisotopic (exact) mass is 653 g/mol. The van der Waals surface area contributed by atoms with Gasteiger partial charge in [-0.1, -0.05) is 20.8 Å². The average molecular weight is 654 g/mol. The molecule has 0 saturated carbocycles. The molecule has 244 valence electrons. The van der Waals surface area contributed by atoms with Gasteiger partial charge in [-0.2, -0.15) is 0 Å². The Morgan fingerprint density at radius 3 is 2.07 bits per heavy atom. The highest BCUT2D eigenvalue weighted by molar-refractivity contribution is 8.00. The number of aromatic amines is 2. The maximum atomic E-state index is 13.1. The maximum Gasteiger partial charge on any atom is 0.330 e. The van der Waals surface area contributed by atoms with Crippen LogP contribution in [0, 0.1) is 13.8 Å². The summed E-state index contributed by atoms with van der Waals surface area (Å²) in [4.78, 5) is 66.0. The van der Waals surface area contributed by atoms with Gasteiger partial charge in [0, 0.05) is 42.1 Å². The largest absolute Gasteiger partial charge is 0.414 e. The molecule has 4 rings (SSSR count). The van der Waals surface area contributed by atoms with Crippen LogP contribution in [0.1, 0.15) is 57.2 Å². The zero-order valence-corrected chi connectivity index (χ0v) is 28.0. The lowest BCUT2D eigenvalue weighted by Gasteiger charge is -2.37. The summed E-state index contributed by atoms with van der Waals surface area (Å²) in [5, 5.41) is 13.5. The van der Waals surface area contributed by atoms with Gasteiger partial charge in [-0.05, 0) is 32.0 Å². The van der Waals surface area contributed by atoms with Crippen molar-refractivity contribution in [1.29, 1.82) is 0 Å². The Bertz CT molecular complexity index is 1590. The van der Waals surface area contributed by atoms with E-state index in [1.165, 1.54) is 33.3 Å². The number of amides is 1. The fraction of sp³-hybridized carbons (Fsp3) is 0.679. The zero-order valence-electron chi connectivity index (χ0n) is 26.2. The lowest BCUT2D eigenvalue weighted by atomic mass is 10.1. The molecule has 2 aromatic heterocycles. The molecule has 14 nitrogen and oxygen atoms in total. The minimum Gasteiger partial charge on any atom is -0.414 e. The summed E-state index contributed by atoms with van der Waals surface area (Å²) in [7, 11) is -2.14. The molecule has 0 aromatic carbocycles. The predicted octanol–water partition coefficient (Wildman–Crippen LogP) is 0.879. The van der Waals surface area contributed by atoms with Gasteiger partial charge in [0.1, 0.15) is 18.6 Å². The van der Waals surface area contributed by atoms with Crippen molar-refractivity contribution in [1.82, 2.24) is 24.4 Å². The summed E-state index contributed by atoms with van der Waals surface area (Å²) < 4.78 is 21.1. The lowest BCUT2D eigenvalue weighted by molar-refractivity contribution is -0.119. The number of H-pyrrole nitrogens is 2. The van der Waals surface area contributed by atoms with E-state index in [9.17, 15) is 29.1 Å². The summed E-state index contributed by atoms with van der Waals surface area (Å²) in [5.41, 5.74) is -1.43. The SMILES string of the molecule is Cc1cn([C@H]2C[C@H](NC(=O)CSC[C@H]3O[C@@H](n4cc(C)c(=O)[nH]c4=O)C[C@@H]3O)[C@@H](CO[Si](C)(C)C(C)(C)C)O2)c(=O)[nH]c1=O. The molecule has 2 aromatic rings. The van der Waals surface area contributed by atoms with Gasteiger partial charge >= 0.3 is 11.4 Å².